The molecule has 1 heterocycles. The lowest BCUT2D eigenvalue weighted by Crippen LogP contribution is -2.88. The second kappa shape index (κ2) is 7.87. The summed E-state index contributed by atoms with van der Waals surface area (Å²) in [6, 6.07) is -0.627. The first kappa shape index (κ1) is 21.0. The zero-order valence-corrected chi connectivity index (χ0v) is 14.4. The Morgan fingerprint density at radius 1 is 1.48 bits per heavy atom. The lowest BCUT2D eigenvalue weighted by Gasteiger charge is -2.24. The van der Waals surface area contributed by atoms with Crippen molar-refractivity contribution in [2.45, 2.75) is 31.8 Å². The van der Waals surface area contributed by atoms with Crippen LogP contribution in [0.5, 0.6) is 0 Å². The number of nitrogens with one attached hydrogen (secondary N) is 2. The third kappa shape index (κ3) is 6.05. The molecule has 0 saturated heterocycles. The van der Waals surface area contributed by atoms with Gasteiger partial charge in [-0.25, -0.2) is 14.4 Å². The molecule has 0 spiro atoms. The van der Waals surface area contributed by atoms with E-state index in [4.69, 9.17) is 14.9 Å². The monoisotopic (exact) mass is 380 g/mol. The molecule has 1 rings (SSSR count). The minimum Gasteiger partial charge on any atom is -0.481 e. The maximum Gasteiger partial charge on any atom is 1.00 e. The molecule has 12 heteroatoms. The number of Topliss-reactive ketones (excluding diaryl/α,β-unsaturated/α-hetero) is 1. The second-order valence-corrected chi connectivity index (χ2v) is 7.01. The highest BCUT2D eigenvalue weighted by molar-refractivity contribution is 7.46. The molecule has 6 N–H and O–H groups in total. The minimum atomic E-state index is -4.77. The first-order valence-electron chi connectivity index (χ1n) is 7.11. The fraction of sp³-hybridized carbons (Fsp3) is 0.538. The molecule has 1 aliphatic rings. The number of ketones is 1. The third-order valence-corrected chi connectivity index (χ3v) is 4.06. The van der Waals surface area contributed by atoms with Crippen molar-refractivity contribution in [2.24, 2.45) is 5.92 Å². The molecular weight excluding hydrogens is 359 g/mol. The molecule has 0 saturated carbocycles. The summed E-state index contributed by atoms with van der Waals surface area (Å²) in [7, 11) is -4.77. The Hall–Kier alpha value is -2.07. The average molecular weight is 380 g/mol. The third-order valence-electron chi connectivity index (χ3n) is 3.60. The Labute approximate surface area is 144 Å². The smallest absolute Gasteiger partial charge is 0.481 e. The lowest BCUT2D eigenvalue weighted by atomic mass is 9.89. The molecule has 0 aromatic carbocycles. The van der Waals surface area contributed by atoms with E-state index in [1.165, 1.54) is 6.20 Å². The summed E-state index contributed by atoms with van der Waals surface area (Å²) in [6.07, 6.45) is 1.71. The van der Waals surface area contributed by atoms with Gasteiger partial charge in [-0.3, -0.25) is 14.1 Å². The molecule has 0 bridgehead atoms. The fourth-order valence-electron chi connectivity index (χ4n) is 2.09. The highest BCUT2D eigenvalue weighted by atomic mass is 31.2. The number of carboxylic acids is 2. The van der Waals surface area contributed by atoms with Crippen molar-refractivity contribution >= 4 is 31.8 Å². The van der Waals surface area contributed by atoms with Crippen LogP contribution in [-0.2, 0) is 23.5 Å². The summed E-state index contributed by atoms with van der Waals surface area (Å²) in [4.78, 5) is 54.4. The number of carboxylic acid groups (broad SMARTS) is 2. The van der Waals surface area contributed by atoms with Crippen molar-refractivity contribution in [3.05, 3.63) is 11.8 Å². The molecule has 1 aliphatic heterocycles. The zero-order valence-electron chi connectivity index (χ0n) is 14.5. The van der Waals surface area contributed by atoms with Crippen molar-refractivity contribution in [1.29, 1.82) is 0 Å². The lowest BCUT2D eigenvalue weighted by molar-refractivity contribution is -0.530. The maximum absolute atomic E-state index is 12.3. The van der Waals surface area contributed by atoms with E-state index in [9.17, 15) is 24.1 Å². The number of phosphoric acid groups is 1. The summed E-state index contributed by atoms with van der Waals surface area (Å²) in [5, 5.41) is 20.8. The van der Waals surface area contributed by atoms with Crippen LogP contribution in [0, 0.1) is 5.92 Å². The molecule has 0 amide bonds. The van der Waals surface area contributed by atoms with Crippen molar-refractivity contribution in [3.63, 3.8) is 0 Å². The van der Waals surface area contributed by atoms with Gasteiger partial charge in [-0.1, -0.05) is 0 Å². The van der Waals surface area contributed by atoms with Crippen molar-refractivity contribution in [3.8, 4) is 0 Å². The molecule has 0 aromatic rings. The summed E-state index contributed by atoms with van der Waals surface area (Å²) in [6.45, 7) is 2.12. The number of aliphatic carboxylic acids is 2. The van der Waals surface area contributed by atoms with E-state index in [2.05, 4.69) is 14.8 Å². The molecule has 0 radical (unpaired) electrons. The fourth-order valence-corrected chi connectivity index (χ4v) is 2.41. The van der Waals surface area contributed by atoms with E-state index in [1.54, 1.807) is 6.92 Å². The van der Waals surface area contributed by atoms with Gasteiger partial charge in [0, 0.05) is 6.92 Å². The Kier molecular flexibility index (Phi) is 6.61. The number of carbonyl (C=O) groups is 3. The first-order chi connectivity index (χ1) is 11.4. The standard InChI is InChI=1S/C13H19N2O9P/c1-7-11(18)9(8(4-14-7)6-24-25(21,22)23)5-15-13(2,12(19)20)3-10(16)17/h4-5,7,9,14H,3,6H2,1-2H3,(H,16,17)(H,19,20)(H2,21,22,23)/p+2/t7?,9?,13-/m0/s1. The quantitative estimate of drug-likeness (QED) is 0.198. The topological polar surface area (TPSA) is 184 Å². The Morgan fingerprint density at radius 3 is 2.56 bits per heavy atom. The van der Waals surface area contributed by atoms with Crippen LogP contribution >= 0.6 is 7.82 Å². The molecular formula is C13H21N2O9P+2. The molecule has 2 unspecified atom stereocenters. The van der Waals surface area contributed by atoms with Crippen LogP contribution in [0.15, 0.2) is 11.8 Å². The normalized spacial score (nSPS) is 23.7. The van der Waals surface area contributed by atoms with Gasteiger partial charge in [-0.15, -0.1) is 0 Å². The number of phosphoric ester groups is 1. The predicted molar refractivity (Wildman–Crippen MR) is 83.6 cm³/mol. The van der Waals surface area contributed by atoms with Crippen LogP contribution in [0.3, 0.4) is 0 Å². The molecule has 140 valence electrons. The van der Waals surface area contributed by atoms with Crippen LogP contribution in [-0.4, -0.2) is 62.1 Å². The number of hydrogen-bond donors (Lipinski definition) is 6. The van der Waals surface area contributed by atoms with Crippen molar-refractivity contribution in [1.82, 2.24) is 5.32 Å². The van der Waals surface area contributed by atoms with Crippen LogP contribution in [0.1, 0.15) is 21.7 Å². The second-order valence-electron chi connectivity index (χ2n) is 5.77. The van der Waals surface area contributed by atoms with E-state index in [0.717, 1.165) is 13.1 Å². The molecule has 11 nitrogen and oxygen atoms in total. The molecule has 0 aliphatic carbocycles. The summed E-state index contributed by atoms with van der Waals surface area (Å²) >= 11 is 0. The van der Waals surface area contributed by atoms with Gasteiger partial charge in [0.1, 0.15) is 12.3 Å². The summed E-state index contributed by atoms with van der Waals surface area (Å²) in [5.74, 6) is -4.23. The largest absolute Gasteiger partial charge is 1.00 e. The van der Waals surface area contributed by atoms with Crippen LogP contribution in [0.2, 0.25) is 0 Å². The van der Waals surface area contributed by atoms with Gasteiger partial charge in [0.15, 0.2) is 12.0 Å². The SMILES string of the molecule is CC1NC=C(COP(=O)(O)O)C(C=[NH+][C@@](C)(CC(=O)O)C(=O)O)C1=O.[H+]. The average Bonchev–Trinajstić information content (AvgIpc) is 2.45. The van der Waals surface area contributed by atoms with Gasteiger partial charge >= 0.3 is 21.2 Å². The van der Waals surface area contributed by atoms with Gasteiger partial charge in [0.05, 0.1) is 12.6 Å². The van der Waals surface area contributed by atoms with Gasteiger partial charge in [-0.05, 0) is 18.7 Å². The molecule has 3 atom stereocenters. The van der Waals surface area contributed by atoms with Gasteiger partial charge in [0.25, 0.3) is 5.54 Å². The first-order valence-corrected chi connectivity index (χ1v) is 8.64. The number of hydrogen-bond acceptors (Lipinski definition) is 6. The van der Waals surface area contributed by atoms with E-state index in [-0.39, 0.29) is 7.00 Å². The predicted octanol–water partition coefficient (Wildman–Crippen LogP) is -2.26. The molecule has 25 heavy (non-hydrogen) atoms. The highest BCUT2D eigenvalue weighted by Gasteiger charge is 2.42. The Bertz CT molecular complexity index is 675. The van der Waals surface area contributed by atoms with E-state index in [0.29, 0.717) is 0 Å². The summed E-state index contributed by atoms with van der Waals surface area (Å²) < 4.78 is 15.2. The number of carbonyl (C=O) groups excluding carboxylic acids is 1. The van der Waals surface area contributed by atoms with Gasteiger partial charge < -0.3 is 25.3 Å². The summed E-state index contributed by atoms with van der Waals surface area (Å²) in [5.41, 5.74) is -1.71. The highest BCUT2D eigenvalue weighted by Crippen LogP contribution is 2.37. The van der Waals surface area contributed by atoms with Crippen LogP contribution in [0.4, 0.5) is 0 Å². The van der Waals surface area contributed by atoms with Crippen molar-refractivity contribution in [2.75, 3.05) is 6.61 Å². The zero-order chi connectivity index (χ0) is 19.4. The van der Waals surface area contributed by atoms with Gasteiger partial charge in [-0.2, -0.15) is 0 Å². The van der Waals surface area contributed by atoms with E-state index in [1.807, 2.05) is 0 Å². The molecule has 0 fully saturated rings. The van der Waals surface area contributed by atoms with Crippen LogP contribution < -0.4 is 10.3 Å². The minimum absolute atomic E-state index is 0. The Morgan fingerprint density at radius 2 is 2.08 bits per heavy atom. The number of rotatable bonds is 8. The van der Waals surface area contributed by atoms with Crippen LogP contribution in [0.25, 0.3) is 0 Å². The maximum atomic E-state index is 12.3. The van der Waals surface area contributed by atoms with Crippen molar-refractivity contribution < 1.29 is 49.9 Å². The Balaban J connectivity index is 0.00000625. The van der Waals surface area contributed by atoms with Gasteiger partial charge in [0.2, 0.25) is 0 Å². The van der Waals surface area contributed by atoms with E-state index < -0.39 is 56.1 Å². The molecule has 0 aromatic heterocycles. The van der Waals surface area contributed by atoms with E-state index >= 15 is 0 Å².